The number of rotatable bonds is 4. The molecule has 1 aromatic carbocycles. The first-order valence-corrected chi connectivity index (χ1v) is 6.91. The number of carbonyl (C=O) groups excluding carboxylic acids is 1. The minimum Gasteiger partial charge on any atom is -0.460 e. The molecule has 4 nitrogen and oxygen atoms in total. The summed E-state index contributed by atoms with van der Waals surface area (Å²) in [5.41, 5.74) is 0.533. The highest BCUT2D eigenvalue weighted by Crippen LogP contribution is 2.40. The van der Waals surface area contributed by atoms with Crippen molar-refractivity contribution in [3.05, 3.63) is 47.3 Å². The molecule has 1 aromatic rings. The lowest BCUT2D eigenvalue weighted by atomic mass is 9.69. The van der Waals surface area contributed by atoms with E-state index >= 15 is 0 Å². The Morgan fingerprint density at radius 2 is 2.05 bits per heavy atom. The monoisotopic (exact) mass is 273 g/mol. The molecule has 1 aliphatic heterocycles. The molecule has 0 spiro atoms. The van der Waals surface area contributed by atoms with Crippen LogP contribution in [0.25, 0.3) is 4.85 Å². The van der Waals surface area contributed by atoms with Crippen molar-refractivity contribution < 1.29 is 14.3 Å². The fraction of sp³-hybridized carbons (Fsp3) is 0.500. The Hall–Kier alpha value is -1.86. The van der Waals surface area contributed by atoms with Crippen molar-refractivity contribution in [1.29, 1.82) is 0 Å². The molecule has 1 atom stereocenters. The Kier molecular flexibility index (Phi) is 4.75. The van der Waals surface area contributed by atoms with Gasteiger partial charge in [0.2, 0.25) is 0 Å². The molecule has 0 N–H and O–H groups in total. The second-order valence-electron chi connectivity index (χ2n) is 4.92. The Morgan fingerprint density at radius 1 is 1.40 bits per heavy atom. The van der Waals surface area contributed by atoms with Gasteiger partial charge in [-0.05, 0) is 25.3 Å². The Labute approximate surface area is 119 Å². The highest BCUT2D eigenvalue weighted by Gasteiger charge is 2.51. The molecule has 0 saturated carbocycles. The zero-order chi connectivity index (χ0) is 14.4. The Bertz CT molecular complexity index is 486. The first-order chi connectivity index (χ1) is 9.74. The molecule has 1 unspecified atom stereocenters. The fourth-order valence-corrected chi connectivity index (χ4v) is 2.85. The topological polar surface area (TPSA) is 39.9 Å². The zero-order valence-electron chi connectivity index (χ0n) is 11.7. The van der Waals surface area contributed by atoms with Gasteiger partial charge in [-0.15, -0.1) is 0 Å². The van der Waals surface area contributed by atoms with Crippen molar-refractivity contribution in [3.63, 3.8) is 0 Å². The molecule has 1 fully saturated rings. The van der Waals surface area contributed by atoms with Crippen molar-refractivity contribution in [3.8, 4) is 0 Å². The van der Waals surface area contributed by atoms with Crippen LogP contribution in [0, 0.1) is 6.57 Å². The molecule has 20 heavy (non-hydrogen) atoms. The van der Waals surface area contributed by atoms with Crippen LogP contribution in [0.3, 0.4) is 0 Å². The van der Waals surface area contributed by atoms with Gasteiger partial charge in [0.15, 0.2) is 0 Å². The summed E-state index contributed by atoms with van der Waals surface area (Å²) in [6.07, 6.45) is 1.34. The van der Waals surface area contributed by atoms with E-state index in [0.717, 1.165) is 5.56 Å². The number of carbonyl (C=O) groups is 1. The quantitative estimate of drug-likeness (QED) is 0.625. The third-order valence-electron chi connectivity index (χ3n) is 3.90. The zero-order valence-corrected chi connectivity index (χ0v) is 11.7. The Morgan fingerprint density at radius 3 is 2.60 bits per heavy atom. The average molecular weight is 273 g/mol. The van der Waals surface area contributed by atoms with Gasteiger partial charge in [-0.2, -0.15) is 0 Å². The predicted molar refractivity (Wildman–Crippen MR) is 75.2 cm³/mol. The van der Waals surface area contributed by atoms with E-state index in [1.807, 2.05) is 30.3 Å². The van der Waals surface area contributed by atoms with E-state index in [2.05, 4.69) is 4.85 Å². The van der Waals surface area contributed by atoms with Crippen LogP contribution in [0.5, 0.6) is 0 Å². The number of hydrogen-bond acceptors (Lipinski definition) is 3. The van der Waals surface area contributed by atoms with E-state index in [9.17, 15) is 4.79 Å². The standard InChI is InChI=1S/C16H19NO3/c1-3-20-15(18)14(17-2)16(9-11-19-12-10-16)13-7-5-4-6-8-13/h4-8,14H,3,9-12H2,1H3. The minimum absolute atomic E-state index is 0.298. The number of nitrogens with zero attached hydrogens (tertiary/aromatic N) is 1. The molecule has 106 valence electrons. The number of benzene rings is 1. The summed E-state index contributed by atoms with van der Waals surface area (Å²) >= 11 is 0. The number of ether oxygens (including phenoxy) is 2. The van der Waals surface area contributed by atoms with Gasteiger partial charge >= 0.3 is 12.0 Å². The van der Waals surface area contributed by atoms with Gasteiger partial charge in [0.1, 0.15) is 0 Å². The highest BCUT2D eigenvalue weighted by atomic mass is 16.5. The minimum atomic E-state index is -0.797. The summed E-state index contributed by atoms with van der Waals surface area (Å²) in [4.78, 5) is 15.8. The highest BCUT2D eigenvalue weighted by molar-refractivity contribution is 5.80. The van der Waals surface area contributed by atoms with Gasteiger partial charge in [0.05, 0.1) is 12.0 Å². The van der Waals surface area contributed by atoms with Gasteiger partial charge in [-0.1, -0.05) is 30.3 Å². The third-order valence-corrected chi connectivity index (χ3v) is 3.90. The second-order valence-corrected chi connectivity index (χ2v) is 4.92. The molecule has 4 heteroatoms. The lowest BCUT2D eigenvalue weighted by molar-refractivity contribution is -0.146. The lowest BCUT2D eigenvalue weighted by Crippen LogP contribution is -2.47. The largest absolute Gasteiger partial charge is 0.460 e. The van der Waals surface area contributed by atoms with Crippen molar-refractivity contribution in [2.45, 2.75) is 31.2 Å². The maximum atomic E-state index is 12.2. The van der Waals surface area contributed by atoms with Crippen LogP contribution < -0.4 is 0 Å². The van der Waals surface area contributed by atoms with Crippen molar-refractivity contribution in [1.82, 2.24) is 0 Å². The van der Waals surface area contributed by atoms with Gasteiger partial charge in [0, 0.05) is 13.2 Å². The van der Waals surface area contributed by atoms with E-state index in [0.29, 0.717) is 32.7 Å². The average Bonchev–Trinajstić information content (AvgIpc) is 2.50. The summed E-state index contributed by atoms with van der Waals surface area (Å²) in [5, 5.41) is 0. The summed E-state index contributed by atoms with van der Waals surface area (Å²) in [6.45, 7) is 10.7. The van der Waals surface area contributed by atoms with Crippen molar-refractivity contribution >= 4 is 5.97 Å². The van der Waals surface area contributed by atoms with Crippen LogP contribution in [0.15, 0.2) is 30.3 Å². The Balaban J connectivity index is 2.41. The van der Waals surface area contributed by atoms with Crippen LogP contribution in [0.1, 0.15) is 25.3 Å². The molecule has 1 aliphatic rings. The van der Waals surface area contributed by atoms with Crippen LogP contribution in [0.2, 0.25) is 0 Å². The lowest BCUT2D eigenvalue weighted by Gasteiger charge is -2.36. The normalized spacial score (nSPS) is 18.8. The number of esters is 1. The maximum absolute atomic E-state index is 12.2. The SMILES string of the molecule is [C-]#[N+]C(C(=O)OCC)C1(c2ccccc2)CCOCC1. The smallest absolute Gasteiger partial charge is 0.391 e. The van der Waals surface area contributed by atoms with Gasteiger partial charge in [-0.3, -0.25) is 0 Å². The van der Waals surface area contributed by atoms with E-state index < -0.39 is 17.4 Å². The van der Waals surface area contributed by atoms with Crippen LogP contribution in [0.4, 0.5) is 0 Å². The predicted octanol–water partition coefficient (Wildman–Crippen LogP) is 2.59. The van der Waals surface area contributed by atoms with Gasteiger partial charge in [-0.25, -0.2) is 11.4 Å². The molecule has 0 radical (unpaired) electrons. The van der Waals surface area contributed by atoms with E-state index in [4.69, 9.17) is 16.0 Å². The van der Waals surface area contributed by atoms with E-state index in [1.165, 1.54) is 0 Å². The number of hydrogen-bond donors (Lipinski definition) is 0. The molecule has 0 amide bonds. The molecular weight excluding hydrogens is 254 g/mol. The molecule has 0 aromatic heterocycles. The summed E-state index contributed by atoms with van der Waals surface area (Å²) in [6, 6.07) is 9.00. The van der Waals surface area contributed by atoms with Crippen molar-refractivity contribution in [2.75, 3.05) is 19.8 Å². The van der Waals surface area contributed by atoms with Gasteiger partial charge < -0.3 is 14.3 Å². The summed E-state index contributed by atoms with van der Waals surface area (Å²) in [5.74, 6) is -0.423. The molecule has 2 rings (SSSR count). The molecular formula is C16H19NO3. The van der Waals surface area contributed by atoms with Crippen LogP contribution in [-0.2, 0) is 19.7 Å². The first-order valence-electron chi connectivity index (χ1n) is 6.91. The molecule has 1 heterocycles. The van der Waals surface area contributed by atoms with E-state index in [-0.39, 0.29) is 0 Å². The van der Waals surface area contributed by atoms with E-state index in [1.54, 1.807) is 6.92 Å². The maximum Gasteiger partial charge on any atom is 0.391 e. The van der Waals surface area contributed by atoms with Crippen LogP contribution >= 0.6 is 0 Å². The first kappa shape index (κ1) is 14.5. The molecule has 0 aliphatic carbocycles. The molecule has 0 bridgehead atoms. The van der Waals surface area contributed by atoms with Crippen LogP contribution in [-0.4, -0.2) is 31.8 Å². The second kappa shape index (κ2) is 6.53. The summed E-state index contributed by atoms with van der Waals surface area (Å²) in [7, 11) is 0. The fourth-order valence-electron chi connectivity index (χ4n) is 2.85. The third kappa shape index (κ3) is 2.68. The summed E-state index contributed by atoms with van der Waals surface area (Å²) < 4.78 is 10.5. The molecule has 1 saturated heterocycles. The van der Waals surface area contributed by atoms with Crippen molar-refractivity contribution in [2.24, 2.45) is 0 Å². The van der Waals surface area contributed by atoms with Gasteiger partial charge in [0.25, 0.3) is 0 Å².